The Labute approximate surface area is 190 Å². The Kier molecular flexibility index (Phi) is 6.10. The van der Waals surface area contributed by atoms with E-state index in [0.29, 0.717) is 16.8 Å². The Hall–Kier alpha value is -3.45. The number of hydrogen-bond acceptors (Lipinski definition) is 5. The number of carbonyl (C=O) groups excluding carboxylic acids is 1. The van der Waals surface area contributed by atoms with Gasteiger partial charge in [-0.3, -0.25) is 14.2 Å². The molecule has 0 atom stereocenters. The van der Waals surface area contributed by atoms with Crippen molar-refractivity contribution in [2.45, 2.75) is 26.9 Å². The molecule has 1 amide bonds. The number of thiophene rings is 1. The lowest BCUT2D eigenvalue weighted by Crippen LogP contribution is -2.33. The van der Waals surface area contributed by atoms with Crippen LogP contribution in [0.5, 0.6) is 5.75 Å². The first-order valence-electron chi connectivity index (χ1n) is 10.3. The maximum absolute atomic E-state index is 13.3. The van der Waals surface area contributed by atoms with Gasteiger partial charge in [-0.15, -0.1) is 11.3 Å². The van der Waals surface area contributed by atoms with Crippen molar-refractivity contribution in [3.63, 3.8) is 0 Å². The number of amides is 1. The number of aryl methyl sites for hydroxylation is 2. The normalized spacial score (nSPS) is 11.0. The molecule has 0 fully saturated rings. The van der Waals surface area contributed by atoms with Gasteiger partial charge in [0.15, 0.2) is 0 Å². The first-order valence-corrected chi connectivity index (χ1v) is 11.2. The van der Waals surface area contributed by atoms with E-state index in [9.17, 15) is 9.59 Å². The van der Waals surface area contributed by atoms with Crippen LogP contribution >= 0.6 is 11.3 Å². The highest BCUT2D eigenvalue weighted by molar-refractivity contribution is 7.17. The molecule has 0 spiro atoms. The molecule has 0 aliphatic heterocycles. The fourth-order valence-electron chi connectivity index (χ4n) is 3.65. The molecule has 0 aliphatic carbocycles. The number of carbonyl (C=O) groups is 1. The second kappa shape index (κ2) is 8.96. The maximum Gasteiger partial charge on any atom is 0.263 e. The van der Waals surface area contributed by atoms with E-state index in [4.69, 9.17) is 4.74 Å². The quantitative estimate of drug-likeness (QED) is 0.439. The number of methoxy groups -OCH3 is 1. The molecule has 0 radical (unpaired) electrons. The van der Waals surface area contributed by atoms with Crippen molar-refractivity contribution in [3.8, 4) is 16.9 Å². The maximum atomic E-state index is 13.3. The van der Waals surface area contributed by atoms with Crippen LogP contribution in [0.4, 0.5) is 0 Å². The molecule has 0 saturated carbocycles. The number of fused-ring (bicyclic) bond motifs is 1. The van der Waals surface area contributed by atoms with E-state index < -0.39 is 0 Å². The molecule has 7 heteroatoms. The fraction of sp³-hybridized carbons (Fsp3) is 0.240. The van der Waals surface area contributed by atoms with Gasteiger partial charge in [0.2, 0.25) is 5.91 Å². The summed E-state index contributed by atoms with van der Waals surface area (Å²) < 4.78 is 6.76. The third-order valence-electron chi connectivity index (χ3n) is 5.71. The van der Waals surface area contributed by atoms with E-state index in [2.05, 4.69) is 31.0 Å². The van der Waals surface area contributed by atoms with Crippen LogP contribution in [0.2, 0.25) is 0 Å². The van der Waals surface area contributed by atoms with E-state index in [1.54, 1.807) is 19.1 Å². The summed E-state index contributed by atoms with van der Waals surface area (Å²) in [6.45, 7) is 4.43. The minimum Gasteiger partial charge on any atom is -0.496 e. The minimum atomic E-state index is -0.205. The van der Waals surface area contributed by atoms with Gasteiger partial charge in [-0.05, 0) is 36.6 Å². The van der Waals surface area contributed by atoms with Crippen LogP contribution in [0.15, 0.2) is 59.0 Å². The van der Waals surface area contributed by atoms with Crippen LogP contribution in [0.1, 0.15) is 16.7 Å². The van der Waals surface area contributed by atoms with Gasteiger partial charge in [0, 0.05) is 30.1 Å². The Morgan fingerprint density at radius 1 is 1.16 bits per heavy atom. The van der Waals surface area contributed by atoms with Crippen LogP contribution in [0.3, 0.4) is 0 Å². The largest absolute Gasteiger partial charge is 0.496 e. The molecule has 2 aromatic heterocycles. The van der Waals surface area contributed by atoms with E-state index in [-0.39, 0.29) is 18.0 Å². The summed E-state index contributed by atoms with van der Waals surface area (Å²) in [6.07, 6.45) is 1.46. The third-order valence-corrected chi connectivity index (χ3v) is 6.60. The molecular formula is C25H25N3O3S. The zero-order valence-corrected chi connectivity index (χ0v) is 19.4. The van der Waals surface area contributed by atoms with Crippen molar-refractivity contribution in [1.82, 2.24) is 14.5 Å². The zero-order valence-electron chi connectivity index (χ0n) is 18.6. The van der Waals surface area contributed by atoms with Gasteiger partial charge >= 0.3 is 0 Å². The topological polar surface area (TPSA) is 64.4 Å². The summed E-state index contributed by atoms with van der Waals surface area (Å²) in [6, 6.07) is 13.7. The number of para-hydroxylation sites is 1. The number of rotatable bonds is 6. The second-order valence-electron chi connectivity index (χ2n) is 7.87. The molecule has 0 unspecified atom stereocenters. The number of ether oxygens (including phenoxy) is 1. The van der Waals surface area contributed by atoms with Gasteiger partial charge < -0.3 is 9.64 Å². The minimum absolute atomic E-state index is 0.0738. The summed E-state index contributed by atoms with van der Waals surface area (Å²) in [5.74, 6) is 0.547. The van der Waals surface area contributed by atoms with Crippen molar-refractivity contribution in [2.75, 3.05) is 14.2 Å². The molecule has 2 heterocycles. The average Bonchev–Trinajstić information content (AvgIpc) is 3.22. The fourth-order valence-corrected chi connectivity index (χ4v) is 4.55. The smallest absolute Gasteiger partial charge is 0.263 e. The first-order chi connectivity index (χ1) is 15.4. The molecule has 0 N–H and O–H groups in total. The summed E-state index contributed by atoms with van der Waals surface area (Å²) in [5, 5.41) is 2.52. The van der Waals surface area contributed by atoms with Crippen LogP contribution < -0.4 is 10.3 Å². The van der Waals surface area contributed by atoms with Crippen molar-refractivity contribution in [3.05, 3.63) is 81.2 Å². The molecule has 0 bridgehead atoms. The van der Waals surface area contributed by atoms with Gasteiger partial charge in [0.25, 0.3) is 5.56 Å². The Morgan fingerprint density at radius 3 is 2.69 bits per heavy atom. The van der Waals surface area contributed by atoms with Gasteiger partial charge in [0.05, 0.1) is 18.8 Å². The van der Waals surface area contributed by atoms with Crippen LogP contribution in [-0.2, 0) is 17.9 Å². The van der Waals surface area contributed by atoms with Crippen molar-refractivity contribution in [2.24, 2.45) is 0 Å². The lowest BCUT2D eigenvalue weighted by molar-refractivity contribution is -0.131. The van der Waals surface area contributed by atoms with Gasteiger partial charge in [-0.2, -0.15) is 0 Å². The Bertz CT molecular complexity index is 1360. The van der Waals surface area contributed by atoms with E-state index in [1.807, 2.05) is 35.7 Å². The Balaban J connectivity index is 1.62. The number of benzene rings is 2. The molecular weight excluding hydrogens is 422 g/mol. The molecule has 2 aromatic carbocycles. The number of aromatic nitrogens is 2. The standard InChI is InChI=1S/C25H25N3O3S/c1-16-9-10-18(11-17(16)2)20-14-32-24-23(20)25(30)28(15-26-24)13-22(29)27(3)12-19-7-5-6-8-21(19)31-4/h5-11,14-15H,12-13H2,1-4H3. The van der Waals surface area contributed by atoms with Crippen LogP contribution in [0, 0.1) is 13.8 Å². The number of likely N-dealkylation sites (N-methyl/N-ethyl adjacent to an activating group) is 1. The monoisotopic (exact) mass is 447 g/mol. The molecule has 0 saturated heterocycles. The second-order valence-corrected chi connectivity index (χ2v) is 8.73. The third kappa shape index (κ3) is 4.16. The first kappa shape index (κ1) is 21.8. The van der Waals surface area contributed by atoms with E-state index >= 15 is 0 Å². The summed E-state index contributed by atoms with van der Waals surface area (Å²) in [4.78, 5) is 32.9. The molecule has 6 nitrogen and oxygen atoms in total. The van der Waals surface area contributed by atoms with Crippen LogP contribution in [0.25, 0.3) is 21.3 Å². The average molecular weight is 448 g/mol. The molecule has 32 heavy (non-hydrogen) atoms. The SMILES string of the molecule is COc1ccccc1CN(C)C(=O)Cn1cnc2scc(-c3ccc(C)c(C)c3)c2c1=O. The summed E-state index contributed by atoms with van der Waals surface area (Å²) in [5.41, 5.74) is 4.90. The molecule has 4 rings (SSSR count). The summed E-state index contributed by atoms with van der Waals surface area (Å²) >= 11 is 1.44. The van der Waals surface area contributed by atoms with E-state index in [0.717, 1.165) is 22.4 Å². The highest BCUT2D eigenvalue weighted by Crippen LogP contribution is 2.31. The van der Waals surface area contributed by atoms with Gasteiger partial charge in [-0.25, -0.2) is 4.98 Å². The number of nitrogens with zero attached hydrogens (tertiary/aromatic N) is 3. The Morgan fingerprint density at radius 2 is 1.94 bits per heavy atom. The lowest BCUT2D eigenvalue weighted by Gasteiger charge is -2.19. The predicted octanol–water partition coefficient (Wildman–Crippen LogP) is 4.41. The molecule has 4 aromatic rings. The van der Waals surface area contributed by atoms with E-state index in [1.165, 1.54) is 33.4 Å². The van der Waals surface area contributed by atoms with Gasteiger partial charge in [-0.1, -0.05) is 36.4 Å². The van der Waals surface area contributed by atoms with Crippen LogP contribution in [-0.4, -0.2) is 34.5 Å². The highest BCUT2D eigenvalue weighted by atomic mass is 32.1. The highest BCUT2D eigenvalue weighted by Gasteiger charge is 2.17. The molecule has 164 valence electrons. The van der Waals surface area contributed by atoms with Crippen molar-refractivity contribution in [1.29, 1.82) is 0 Å². The molecule has 0 aliphatic rings. The zero-order chi connectivity index (χ0) is 22.8. The van der Waals surface area contributed by atoms with Crippen molar-refractivity contribution < 1.29 is 9.53 Å². The predicted molar refractivity (Wildman–Crippen MR) is 128 cm³/mol. The summed E-state index contributed by atoms with van der Waals surface area (Å²) in [7, 11) is 3.33. The van der Waals surface area contributed by atoms with Gasteiger partial charge in [0.1, 0.15) is 17.1 Å². The number of hydrogen-bond donors (Lipinski definition) is 0. The lowest BCUT2D eigenvalue weighted by atomic mass is 10.0. The van der Waals surface area contributed by atoms with Crippen molar-refractivity contribution >= 4 is 27.5 Å².